The lowest BCUT2D eigenvalue weighted by Gasteiger charge is -2.19. The monoisotopic (exact) mass is 516 g/mol. The van der Waals surface area contributed by atoms with Crippen LogP contribution in [0.2, 0.25) is 0 Å². The molecule has 0 saturated heterocycles. The van der Waals surface area contributed by atoms with Gasteiger partial charge in [0.25, 0.3) is 11.8 Å². The Morgan fingerprint density at radius 3 is 1.51 bits per heavy atom. The SMILES string of the molecule is CC(C)[C@@H](CCl)NC(=O)c1cccc(-c2nnc(-c3cccc(C(=O)N[C@H](CCl)C(C)C)c3)o2)c1. The molecule has 0 fully saturated rings. The van der Waals surface area contributed by atoms with Crippen molar-refractivity contribution in [2.75, 3.05) is 11.8 Å². The van der Waals surface area contributed by atoms with Crippen molar-refractivity contribution in [3.63, 3.8) is 0 Å². The Morgan fingerprint density at radius 2 is 1.17 bits per heavy atom. The molecule has 1 aromatic heterocycles. The number of benzene rings is 2. The Morgan fingerprint density at radius 1 is 0.771 bits per heavy atom. The van der Waals surface area contributed by atoms with E-state index in [4.69, 9.17) is 27.6 Å². The molecule has 35 heavy (non-hydrogen) atoms. The zero-order chi connectivity index (χ0) is 25.5. The molecule has 186 valence electrons. The minimum Gasteiger partial charge on any atom is -0.416 e. The second-order valence-corrected chi connectivity index (χ2v) is 9.65. The van der Waals surface area contributed by atoms with E-state index in [-0.39, 0.29) is 47.5 Å². The summed E-state index contributed by atoms with van der Waals surface area (Å²) in [6.45, 7) is 8.01. The number of nitrogens with one attached hydrogen (secondary N) is 2. The van der Waals surface area contributed by atoms with E-state index in [0.717, 1.165) is 0 Å². The van der Waals surface area contributed by atoms with Crippen LogP contribution in [0.15, 0.2) is 52.9 Å². The number of nitrogens with zero attached hydrogens (tertiary/aromatic N) is 2. The van der Waals surface area contributed by atoms with E-state index < -0.39 is 0 Å². The van der Waals surface area contributed by atoms with Crippen LogP contribution in [0.1, 0.15) is 48.4 Å². The first kappa shape index (κ1) is 26.7. The predicted molar refractivity (Wildman–Crippen MR) is 139 cm³/mol. The summed E-state index contributed by atoms with van der Waals surface area (Å²) in [5.74, 6) is 1.18. The van der Waals surface area contributed by atoms with Gasteiger partial charge in [0.15, 0.2) is 0 Å². The molecule has 0 spiro atoms. The van der Waals surface area contributed by atoms with Crippen LogP contribution in [0, 0.1) is 11.8 Å². The number of hydrogen-bond acceptors (Lipinski definition) is 5. The van der Waals surface area contributed by atoms with E-state index >= 15 is 0 Å². The van der Waals surface area contributed by atoms with Crippen molar-refractivity contribution >= 4 is 35.0 Å². The normalized spacial score (nSPS) is 13.0. The fourth-order valence-corrected chi connectivity index (χ4v) is 4.18. The molecule has 0 aliphatic rings. The van der Waals surface area contributed by atoms with Crippen LogP contribution in [0.4, 0.5) is 0 Å². The first-order chi connectivity index (χ1) is 16.7. The van der Waals surface area contributed by atoms with Crippen molar-refractivity contribution in [2.24, 2.45) is 11.8 Å². The number of amides is 2. The summed E-state index contributed by atoms with van der Waals surface area (Å²) in [7, 11) is 0. The summed E-state index contributed by atoms with van der Waals surface area (Å²) >= 11 is 12.0. The number of rotatable bonds is 10. The van der Waals surface area contributed by atoms with Gasteiger partial charge in [-0.25, -0.2) is 0 Å². The topological polar surface area (TPSA) is 97.1 Å². The van der Waals surface area contributed by atoms with Gasteiger partial charge in [0, 0.05) is 46.1 Å². The first-order valence-corrected chi connectivity index (χ1v) is 12.6. The maximum Gasteiger partial charge on any atom is 0.251 e. The first-order valence-electron chi connectivity index (χ1n) is 11.5. The zero-order valence-electron chi connectivity index (χ0n) is 20.2. The zero-order valence-corrected chi connectivity index (χ0v) is 21.7. The molecule has 2 amide bonds. The predicted octanol–water partition coefficient (Wildman–Crippen LogP) is 5.39. The molecule has 0 saturated carbocycles. The van der Waals surface area contributed by atoms with Gasteiger partial charge in [-0.3, -0.25) is 9.59 Å². The largest absolute Gasteiger partial charge is 0.416 e. The standard InChI is InChI=1S/C26H30Cl2N4O3/c1-15(2)21(13-27)29-23(33)17-7-5-9-19(11-17)25-31-32-26(35-25)20-10-6-8-18(12-20)24(34)30-22(14-28)16(3)4/h5-12,15-16,21-22H,13-14H2,1-4H3,(H,29,33)(H,30,34)/t21-,22-/m1/s1. The van der Waals surface area contributed by atoms with E-state index in [1.165, 1.54) is 0 Å². The highest BCUT2D eigenvalue weighted by Gasteiger charge is 2.19. The van der Waals surface area contributed by atoms with Crippen molar-refractivity contribution in [3.8, 4) is 22.9 Å². The van der Waals surface area contributed by atoms with Crippen molar-refractivity contribution < 1.29 is 14.0 Å². The minimum atomic E-state index is -0.221. The van der Waals surface area contributed by atoms with E-state index in [2.05, 4.69) is 20.8 Å². The summed E-state index contributed by atoms with van der Waals surface area (Å²) in [5.41, 5.74) is 2.16. The summed E-state index contributed by atoms with van der Waals surface area (Å²) in [5, 5.41) is 14.2. The third-order valence-corrected chi connectivity index (χ3v) is 6.41. The van der Waals surface area contributed by atoms with Crippen LogP contribution in [-0.2, 0) is 0 Å². The van der Waals surface area contributed by atoms with Crippen LogP contribution in [0.5, 0.6) is 0 Å². The summed E-state index contributed by atoms with van der Waals surface area (Å²) < 4.78 is 5.88. The van der Waals surface area contributed by atoms with Gasteiger partial charge in [0.1, 0.15) is 0 Å². The van der Waals surface area contributed by atoms with Gasteiger partial charge < -0.3 is 15.1 Å². The molecule has 3 rings (SSSR count). The molecule has 9 heteroatoms. The number of hydrogen-bond donors (Lipinski definition) is 2. The van der Waals surface area contributed by atoms with E-state index in [0.29, 0.717) is 34.0 Å². The lowest BCUT2D eigenvalue weighted by Crippen LogP contribution is -2.39. The van der Waals surface area contributed by atoms with E-state index in [1.807, 2.05) is 27.7 Å². The summed E-state index contributed by atoms with van der Waals surface area (Å²) in [6, 6.07) is 13.7. The van der Waals surface area contributed by atoms with E-state index in [1.54, 1.807) is 48.5 Å². The number of halogens is 2. The number of carbonyl (C=O) groups is 2. The van der Waals surface area contributed by atoms with Gasteiger partial charge in [0.05, 0.1) is 0 Å². The highest BCUT2D eigenvalue weighted by atomic mass is 35.5. The Bertz CT molecular complexity index is 1070. The molecule has 0 radical (unpaired) electrons. The Balaban J connectivity index is 1.79. The average Bonchev–Trinajstić information content (AvgIpc) is 3.35. The molecular formula is C26H30Cl2N4O3. The molecule has 2 N–H and O–H groups in total. The van der Waals surface area contributed by atoms with Gasteiger partial charge >= 0.3 is 0 Å². The van der Waals surface area contributed by atoms with Crippen LogP contribution in [0.3, 0.4) is 0 Å². The van der Waals surface area contributed by atoms with Gasteiger partial charge in [-0.2, -0.15) is 0 Å². The second-order valence-electron chi connectivity index (χ2n) is 9.03. The second kappa shape index (κ2) is 12.2. The summed E-state index contributed by atoms with van der Waals surface area (Å²) in [6.07, 6.45) is 0. The Hall–Kier alpha value is -2.90. The fourth-order valence-electron chi connectivity index (χ4n) is 3.31. The van der Waals surface area contributed by atoms with E-state index in [9.17, 15) is 9.59 Å². The Labute approximate surface area is 215 Å². The number of carbonyl (C=O) groups excluding carboxylic acids is 2. The van der Waals surface area contributed by atoms with Crippen molar-refractivity contribution in [1.29, 1.82) is 0 Å². The molecule has 2 aromatic carbocycles. The quantitative estimate of drug-likeness (QED) is 0.352. The average molecular weight is 517 g/mol. The molecule has 0 bridgehead atoms. The van der Waals surface area contributed by atoms with Gasteiger partial charge in [0.2, 0.25) is 11.8 Å². The minimum absolute atomic E-state index is 0.132. The fraction of sp³-hybridized carbons (Fsp3) is 0.385. The molecule has 3 aromatic rings. The van der Waals surface area contributed by atoms with Crippen molar-refractivity contribution in [1.82, 2.24) is 20.8 Å². The third-order valence-electron chi connectivity index (χ3n) is 5.74. The smallest absolute Gasteiger partial charge is 0.251 e. The molecule has 1 heterocycles. The highest BCUT2D eigenvalue weighted by Crippen LogP contribution is 2.25. The maximum absolute atomic E-state index is 12.7. The van der Waals surface area contributed by atoms with Crippen molar-refractivity contribution in [2.45, 2.75) is 39.8 Å². The molecule has 0 aliphatic heterocycles. The third kappa shape index (κ3) is 6.83. The molecule has 2 atom stereocenters. The molecule has 7 nitrogen and oxygen atoms in total. The van der Waals surface area contributed by atoms with Gasteiger partial charge in [-0.1, -0.05) is 39.8 Å². The molecule has 0 aliphatic carbocycles. The van der Waals surface area contributed by atoms with Crippen molar-refractivity contribution in [3.05, 3.63) is 59.7 Å². The summed E-state index contributed by atoms with van der Waals surface area (Å²) in [4.78, 5) is 25.4. The van der Waals surface area contributed by atoms with Gasteiger partial charge in [-0.15, -0.1) is 33.4 Å². The molecular weight excluding hydrogens is 487 g/mol. The van der Waals surface area contributed by atoms with Gasteiger partial charge in [-0.05, 0) is 48.2 Å². The molecule has 0 unspecified atom stereocenters. The lowest BCUT2D eigenvalue weighted by atomic mass is 10.0. The van der Waals surface area contributed by atoms with Crippen LogP contribution in [0.25, 0.3) is 22.9 Å². The van der Waals surface area contributed by atoms with Crippen LogP contribution in [-0.4, -0.2) is 45.9 Å². The highest BCUT2D eigenvalue weighted by molar-refractivity contribution is 6.18. The Kier molecular flexibility index (Phi) is 9.29. The number of aromatic nitrogens is 2. The number of alkyl halides is 2. The van der Waals surface area contributed by atoms with Crippen LogP contribution < -0.4 is 10.6 Å². The maximum atomic E-state index is 12.7. The van der Waals surface area contributed by atoms with Crippen LogP contribution >= 0.6 is 23.2 Å². The lowest BCUT2D eigenvalue weighted by molar-refractivity contribution is 0.0923.